The van der Waals surface area contributed by atoms with Crippen LogP contribution in [0.25, 0.3) is 0 Å². The second kappa shape index (κ2) is 8.79. The number of hydrogen-bond donors (Lipinski definition) is 0. The Labute approximate surface area is 141 Å². The Balaban J connectivity index is 2.23. The summed E-state index contributed by atoms with van der Waals surface area (Å²) in [4.78, 5) is 12.2. The molecule has 1 aliphatic heterocycles. The van der Waals surface area contributed by atoms with Gasteiger partial charge in [0.15, 0.2) is 0 Å². The number of benzene rings is 1. The summed E-state index contributed by atoms with van der Waals surface area (Å²) in [6.07, 6.45) is 0. The number of carbonyl (C=O) groups excluding carboxylic acids is 1. The van der Waals surface area contributed by atoms with Crippen molar-refractivity contribution >= 4 is 17.7 Å². The molecule has 1 aliphatic rings. The van der Waals surface area contributed by atoms with Gasteiger partial charge < -0.3 is 14.2 Å². The largest absolute Gasteiger partial charge is 0.495 e. The fourth-order valence-corrected chi connectivity index (χ4v) is 3.32. The predicted molar refractivity (Wildman–Crippen MR) is 92.2 cm³/mol. The molecule has 1 saturated heterocycles. The first-order valence-corrected chi connectivity index (χ1v) is 8.49. The minimum Gasteiger partial charge on any atom is -0.495 e. The average Bonchev–Trinajstić information content (AvgIpc) is 2.58. The highest BCUT2D eigenvalue weighted by molar-refractivity contribution is 8.00. The van der Waals surface area contributed by atoms with Crippen LogP contribution in [0.5, 0.6) is 0 Å². The van der Waals surface area contributed by atoms with Crippen LogP contribution in [0.2, 0.25) is 0 Å². The SMILES string of the molecule is C=C1OCCOCCOC(=O)C(=C)C(c2ccccc2)SC1C. The summed E-state index contributed by atoms with van der Waals surface area (Å²) in [6.45, 7) is 11.4. The van der Waals surface area contributed by atoms with Gasteiger partial charge in [-0.05, 0) is 12.5 Å². The van der Waals surface area contributed by atoms with Crippen LogP contribution < -0.4 is 0 Å². The molecule has 0 saturated carbocycles. The monoisotopic (exact) mass is 334 g/mol. The van der Waals surface area contributed by atoms with E-state index >= 15 is 0 Å². The standard InChI is InChI=1S/C18H22O4S/c1-13-17(16-7-5-4-6-8-16)23-15(3)14(2)21-11-9-20-10-12-22-18(13)19/h4-8,15,17H,1-2,9-12H2,3H3. The Kier molecular flexibility index (Phi) is 6.74. The summed E-state index contributed by atoms with van der Waals surface area (Å²) in [5, 5.41) is -0.203. The van der Waals surface area contributed by atoms with Crippen molar-refractivity contribution in [2.24, 2.45) is 0 Å². The minimum absolute atomic E-state index is 0.00510. The first kappa shape index (κ1) is 17.6. The summed E-state index contributed by atoms with van der Waals surface area (Å²) >= 11 is 1.57. The molecule has 2 rings (SSSR count). The van der Waals surface area contributed by atoms with Gasteiger partial charge in [-0.1, -0.05) is 43.5 Å². The number of hydrogen-bond acceptors (Lipinski definition) is 5. The third-order valence-electron chi connectivity index (χ3n) is 3.45. The molecule has 1 aromatic rings. The lowest BCUT2D eigenvalue weighted by Crippen LogP contribution is -2.16. The average molecular weight is 334 g/mol. The molecule has 5 heteroatoms. The lowest BCUT2D eigenvalue weighted by molar-refractivity contribution is -0.140. The van der Waals surface area contributed by atoms with E-state index in [1.165, 1.54) is 0 Å². The van der Waals surface area contributed by atoms with Gasteiger partial charge in [0.1, 0.15) is 19.0 Å². The van der Waals surface area contributed by atoms with E-state index in [0.29, 0.717) is 31.2 Å². The Morgan fingerprint density at radius 3 is 2.39 bits per heavy atom. The van der Waals surface area contributed by atoms with E-state index in [-0.39, 0.29) is 17.1 Å². The molecular formula is C18H22O4S. The molecule has 1 heterocycles. The number of cyclic esters (lactones) is 1. The molecule has 4 nitrogen and oxygen atoms in total. The molecule has 0 N–H and O–H groups in total. The van der Waals surface area contributed by atoms with Crippen LogP contribution in [0.1, 0.15) is 17.7 Å². The fraction of sp³-hybridized carbons (Fsp3) is 0.389. The van der Waals surface area contributed by atoms with Gasteiger partial charge in [-0.3, -0.25) is 0 Å². The van der Waals surface area contributed by atoms with E-state index in [1.54, 1.807) is 11.8 Å². The summed E-state index contributed by atoms with van der Waals surface area (Å²) in [5.74, 6) is 0.271. The van der Waals surface area contributed by atoms with Crippen molar-refractivity contribution in [3.8, 4) is 0 Å². The van der Waals surface area contributed by atoms with E-state index in [2.05, 4.69) is 13.2 Å². The van der Waals surface area contributed by atoms with Gasteiger partial charge in [-0.25, -0.2) is 4.79 Å². The van der Waals surface area contributed by atoms with Crippen LogP contribution in [0.4, 0.5) is 0 Å². The highest BCUT2D eigenvalue weighted by Gasteiger charge is 2.26. The second-order valence-corrected chi connectivity index (χ2v) is 6.61. The molecule has 0 radical (unpaired) electrons. The van der Waals surface area contributed by atoms with Crippen LogP contribution in [-0.4, -0.2) is 37.6 Å². The smallest absolute Gasteiger partial charge is 0.334 e. The molecule has 2 atom stereocenters. The maximum atomic E-state index is 12.2. The van der Waals surface area contributed by atoms with E-state index in [1.807, 2.05) is 37.3 Å². The van der Waals surface area contributed by atoms with Crippen LogP contribution in [-0.2, 0) is 19.0 Å². The number of ether oxygens (including phenoxy) is 3. The zero-order chi connectivity index (χ0) is 16.7. The number of rotatable bonds is 1. The molecule has 1 fully saturated rings. The van der Waals surface area contributed by atoms with E-state index < -0.39 is 5.97 Å². The van der Waals surface area contributed by atoms with Crippen molar-refractivity contribution < 1.29 is 19.0 Å². The first-order valence-electron chi connectivity index (χ1n) is 7.55. The normalized spacial score (nSPS) is 24.7. The van der Waals surface area contributed by atoms with Crippen molar-refractivity contribution in [1.82, 2.24) is 0 Å². The van der Waals surface area contributed by atoms with Gasteiger partial charge in [-0.15, -0.1) is 11.8 Å². The molecule has 23 heavy (non-hydrogen) atoms. The zero-order valence-corrected chi connectivity index (χ0v) is 14.1. The Hall–Kier alpha value is -1.72. The van der Waals surface area contributed by atoms with Crippen molar-refractivity contribution in [2.45, 2.75) is 17.4 Å². The van der Waals surface area contributed by atoms with Crippen LogP contribution in [0.3, 0.4) is 0 Å². The molecular weight excluding hydrogens is 312 g/mol. The molecule has 1 aromatic carbocycles. The predicted octanol–water partition coefficient (Wildman–Crippen LogP) is 3.51. The Bertz CT molecular complexity index is 555. The highest BCUT2D eigenvalue weighted by atomic mass is 32.2. The molecule has 124 valence electrons. The molecule has 0 aromatic heterocycles. The van der Waals surface area contributed by atoms with Gasteiger partial charge in [0.2, 0.25) is 0 Å². The lowest BCUT2D eigenvalue weighted by Gasteiger charge is -2.23. The summed E-state index contributed by atoms with van der Waals surface area (Å²) in [5.41, 5.74) is 1.42. The Morgan fingerprint density at radius 1 is 1.04 bits per heavy atom. The van der Waals surface area contributed by atoms with E-state index in [0.717, 1.165) is 5.56 Å². The maximum Gasteiger partial charge on any atom is 0.334 e. The van der Waals surface area contributed by atoms with Crippen molar-refractivity contribution in [1.29, 1.82) is 0 Å². The van der Waals surface area contributed by atoms with Crippen molar-refractivity contribution in [3.05, 3.63) is 60.4 Å². The second-order valence-electron chi connectivity index (χ2n) is 5.16. The van der Waals surface area contributed by atoms with E-state index in [9.17, 15) is 4.79 Å². The van der Waals surface area contributed by atoms with Gasteiger partial charge in [0.25, 0.3) is 0 Å². The molecule has 0 spiro atoms. The van der Waals surface area contributed by atoms with Gasteiger partial charge in [0, 0.05) is 5.57 Å². The quantitative estimate of drug-likeness (QED) is 0.581. The molecule has 2 unspecified atom stereocenters. The minimum atomic E-state index is -0.395. The number of carbonyl (C=O) groups is 1. The van der Waals surface area contributed by atoms with Crippen LogP contribution in [0.15, 0.2) is 54.8 Å². The lowest BCUT2D eigenvalue weighted by atomic mass is 10.1. The van der Waals surface area contributed by atoms with E-state index in [4.69, 9.17) is 14.2 Å². The topological polar surface area (TPSA) is 44.8 Å². The summed E-state index contributed by atoms with van der Waals surface area (Å²) in [6, 6.07) is 9.79. The highest BCUT2D eigenvalue weighted by Crippen LogP contribution is 2.40. The van der Waals surface area contributed by atoms with Crippen molar-refractivity contribution in [2.75, 3.05) is 26.4 Å². The third kappa shape index (κ3) is 5.15. The Morgan fingerprint density at radius 2 is 1.70 bits per heavy atom. The molecule has 0 amide bonds. The molecule has 0 aliphatic carbocycles. The van der Waals surface area contributed by atoms with Crippen molar-refractivity contribution in [3.63, 3.8) is 0 Å². The summed E-state index contributed by atoms with van der Waals surface area (Å²) in [7, 11) is 0. The van der Waals surface area contributed by atoms with Crippen LogP contribution >= 0.6 is 11.8 Å². The first-order chi connectivity index (χ1) is 11.1. The number of thioether (sulfide) groups is 1. The molecule has 0 bridgehead atoms. The maximum absolute atomic E-state index is 12.2. The van der Waals surface area contributed by atoms with Crippen LogP contribution in [0, 0.1) is 0 Å². The number of esters is 1. The fourth-order valence-electron chi connectivity index (χ4n) is 2.11. The van der Waals surface area contributed by atoms with Gasteiger partial charge in [0.05, 0.1) is 23.7 Å². The van der Waals surface area contributed by atoms with Gasteiger partial charge >= 0.3 is 5.97 Å². The zero-order valence-electron chi connectivity index (χ0n) is 13.3. The summed E-state index contributed by atoms with van der Waals surface area (Å²) < 4.78 is 16.2. The third-order valence-corrected chi connectivity index (χ3v) is 4.95. The van der Waals surface area contributed by atoms with Gasteiger partial charge in [-0.2, -0.15) is 0 Å².